The predicted molar refractivity (Wildman–Crippen MR) is 105 cm³/mol. The first-order valence-electron chi connectivity index (χ1n) is 9.35. The summed E-state index contributed by atoms with van der Waals surface area (Å²) < 4.78 is 7.05. The van der Waals surface area contributed by atoms with Gasteiger partial charge in [-0.1, -0.05) is 27.2 Å². The van der Waals surface area contributed by atoms with Crippen LogP contribution < -0.4 is 5.32 Å². The lowest BCUT2D eigenvalue weighted by atomic mass is 9.95. The molecule has 6 nitrogen and oxygen atoms in total. The Morgan fingerprint density at radius 2 is 2.12 bits per heavy atom. The number of carbonyl (C=O) groups excluding carboxylic acids is 1. The van der Waals surface area contributed by atoms with Crippen molar-refractivity contribution in [2.24, 2.45) is 0 Å². The van der Waals surface area contributed by atoms with Gasteiger partial charge in [0.2, 0.25) is 0 Å². The lowest BCUT2D eigenvalue weighted by Crippen LogP contribution is -2.40. The third-order valence-corrected chi connectivity index (χ3v) is 5.17. The Morgan fingerprint density at radius 1 is 1.35 bits per heavy atom. The van der Waals surface area contributed by atoms with Crippen LogP contribution in [0.2, 0.25) is 0 Å². The molecule has 0 saturated carbocycles. The third kappa shape index (κ3) is 3.85. The van der Waals surface area contributed by atoms with Gasteiger partial charge in [0.15, 0.2) is 0 Å². The van der Waals surface area contributed by atoms with Crippen LogP contribution >= 0.6 is 0 Å². The molecule has 6 heteroatoms. The predicted octanol–water partition coefficient (Wildman–Crippen LogP) is 4.00. The zero-order valence-corrected chi connectivity index (χ0v) is 16.5. The standard InChI is InChI=1S/C20H30N4O2/c1-20(2,3)18-22-16-12-14(21-19(25)26-5)9-10-17(16)24(18)13-15-8-6-7-11-23(15)4/h9-10,12,15H,6-8,11,13H2,1-5H3,(H,21,25). The first kappa shape index (κ1) is 18.7. The minimum atomic E-state index is -0.469. The zero-order chi connectivity index (χ0) is 18.9. The van der Waals surface area contributed by atoms with Crippen LogP contribution in [0.4, 0.5) is 10.5 Å². The quantitative estimate of drug-likeness (QED) is 0.901. The van der Waals surface area contributed by atoms with E-state index in [9.17, 15) is 4.79 Å². The average Bonchev–Trinajstić information content (AvgIpc) is 2.95. The van der Waals surface area contributed by atoms with E-state index in [0.717, 1.165) is 29.9 Å². The number of nitrogens with one attached hydrogen (secondary N) is 1. The highest BCUT2D eigenvalue weighted by atomic mass is 16.5. The zero-order valence-electron chi connectivity index (χ0n) is 16.5. The molecule has 1 saturated heterocycles. The van der Waals surface area contributed by atoms with Gasteiger partial charge in [-0.25, -0.2) is 9.78 Å². The molecule has 0 radical (unpaired) electrons. The molecule has 2 aromatic rings. The fraction of sp³-hybridized carbons (Fsp3) is 0.600. The van der Waals surface area contributed by atoms with Crippen molar-refractivity contribution >= 4 is 22.8 Å². The summed E-state index contributed by atoms with van der Waals surface area (Å²) in [5, 5.41) is 2.72. The molecule has 1 aromatic heterocycles. The van der Waals surface area contributed by atoms with E-state index in [-0.39, 0.29) is 5.41 Å². The number of piperidine rings is 1. The number of carbonyl (C=O) groups is 1. The largest absolute Gasteiger partial charge is 0.453 e. The number of anilines is 1. The van der Waals surface area contributed by atoms with Crippen molar-refractivity contribution in [2.75, 3.05) is 26.0 Å². The molecule has 1 aromatic carbocycles. The molecule has 0 bridgehead atoms. The van der Waals surface area contributed by atoms with Gasteiger partial charge in [0.05, 0.1) is 18.1 Å². The number of hydrogen-bond donors (Lipinski definition) is 1. The number of amides is 1. The van der Waals surface area contributed by atoms with E-state index in [1.54, 1.807) is 0 Å². The lowest BCUT2D eigenvalue weighted by molar-refractivity contribution is 0.166. The molecule has 0 spiro atoms. The van der Waals surface area contributed by atoms with Gasteiger partial charge in [-0.15, -0.1) is 0 Å². The van der Waals surface area contributed by atoms with Crippen molar-refractivity contribution < 1.29 is 9.53 Å². The smallest absolute Gasteiger partial charge is 0.411 e. The minimum absolute atomic E-state index is 0.0534. The minimum Gasteiger partial charge on any atom is -0.453 e. The Balaban J connectivity index is 2.00. The summed E-state index contributed by atoms with van der Waals surface area (Å²) in [5.74, 6) is 1.08. The molecule has 1 fully saturated rings. The molecule has 1 unspecified atom stereocenters. The van der Waals surface area contributed by atoms with Crippen molar-refractivity contribution in [3.8, 4) is 0 Å². The highest BCUT2D eigenvalue weighted by molar-refractivity contribution is 5.89. The molecule has 1 aliphatic heterocycles. The molecule has 142 valence electrons. The van der Waals surface area contributed by atoms with Gasteiger partial charge in [-0.3, -0.25) is 5.32 Å². The Labute approximate surface area is 155 Å². The van der Waals surface area contributed by atoms with Crippen molar-refractivity contribution in [1.82, 2.24) is 14.5 Å². The van der Waals surface area contributed by atoms with Crippen LogP contribution in [0.5, 0.6) is 0 Å². The van der Waals surface area contributed by atoms with E-state index in [1.165, 1.54) is 26.4 Å². The summed E-state index contributed by atoms with van der Waals surface area (Å²) in [6, 6.07) is 6.41. The van der Waals surface area contributed by atoms with Gasteiger partial charge >= 0.3 is 6.09 Å². The Bertz CT molecular complexity index is 791. The number of likely N-dealkylation sites (tertiary alicyclic amines) is 1. The van der Waals surface area contributed by atoms with Crippen LogP contribution in [0.25, 0.3) is 11.0 Å². The van der Waals surface area contributed by atoms with Crippen molar-refractivity contribution in [3.05, 3.63) is 24.0 Å². The van der Waals surface area contributed by atoms with Crippen molar-refractivity contribution in [1.29, 1.82) is 0 Å². The molecular weight excluding hydrogens is 328 g/mol. The van der Waals surface area contributed by atoms with Gasteiger partial charge in [-0.05, 0) is 44.6 Å². The van der Waals surface area contributed by atoms with Crippen LogP contribution in [0.15, 0.2) is 18.2 Å². The molecule has 1 amide bonds. The van der Waals surface area contributed by atoms with E-state index in [1.807, 2.05) is 18.2 Å². The van der Waals surface area contributed by atoms with Gasteiger partial charge in [-0.2, -0.15) is 0 Å². The van der Waals surface area contributed by atoms with Crippen LogP contribution in [-0.4, -0.2) is 47.3 Å². The summed E-state index contributed by atoms with van der Waals surface area (Å²) >= 11 is 0. The van der Waals surface area contributed by atoms with Crippen LogP contribution in [0.1, 0.15) is 45.9 Å². The number of aromatic nitrogens is 2. The van der Waals surface area contributed by atoms with Gasteiger partial charge in [0.1, 0.15) is 5.82 Å². The number of imidazole rings is 1. The number of nitrogens with zero attached hydrogens (tertiary/aromatic N) is 3. The van der Waals surface area contributed by atoms with Gasteiger partial charge in [0.25, 0.3) is 0 Å². The van der Waals surface area contributed by atoms with Crippen LogP contribution in [0, 0.1) is 0 Å². The Kier molecular flexibility index (Phi) is 5.23. The van der Waals surface area contributed by atoms with E-state index in [4.69, 9.17) is 4.98 Å². The molecule has 1 N–H and O–H groups in total. The third-order valence-electron chi connectivity index (χ3n) is 5.17. The molecule has 3 rings (SSSR count). The Morgan fingerprint density at radius 3 is 2.77 bits per heavy atom. The summed E-state index contributed by atoms with van der Waals surface area (Å²) in [5.41, 5.74) is 2.67. The van der Waals surface area contributed by atoms with Crippen LogP contribution in [0.3, 0.4) is 0 Å². The second-order valence-corrected chi connectivity index (χ2v) is 8.25. The number of ether oxygens (including phenoxy) is 1. The SMILES string of the molecule is COC(=O)Nc1ccc2c(c1)nc(C(C)(C)C)n2CC1CCCCN1C. The molecule has 1 aliphatic rings. The summed E-state index contributed by atoms with van der Waals surface area (Å²) in [4.78, 5) is 18.9. The number of methoxy groups -OCH3 is 1. The fourth-order valence-electron chi connectivity index (χ4n) is 3.72. The maximum atomic E-state index is 11.5. The second kappa shape index (κ2) is 7.27. The summed E-state index contributed by atoms with van der Waals surface area (Å²) in [7, 11) is 3.58. The summed E-state index contributed by atoms with van der Waals surface area (Å²) in [6.45, 7) is 8.70. The van der Waals surface area contributed by atoms with Gasteiger partial charge in [0, 0.05) is 23.7 Å². The molecular formula is C20H30N4O2. The second-order valence-electron chi connectivity index (χ2n) is 8.25. The first-order chi connectivity index (χ1) is 12.3. The maximum absolute atomic E-state index is 11.5. The molecule has 1 atom stereocenters. The molecule has 2 heterocycles. The fourth-order valence-corrected chi connectivity index (χ4v) is 3.72. The van der Waals surface area contributed by atoms with Crippen molar-refractivity contribution in [3.63, 3.8) is 0 Å². The highest BCUT2D eigenvalue weighted by Gasteiger charge is 2.27. The number of likely N-dealkylation sites (N-methyl/N-ethyl adjacent to an activating group) is 1. The van der Waals surface area contributed by atoms with Crippen LogP contribution in [-0.2, 0) is 16.7 Å². The molecule has 0 aliphatic carbocycles. The highest BCUT2D eigenvalue weighted by Crippen LogP contribution is 2.30. The molecule has 26 heavy (non-hydrogen) atoms. The maximum Gasteiger partial charge on any atom is 0.411 e. The monoisotopic (exact) mass is 358 g/mol. The summed E-state index contributed by atoms with van der Waals surface area (Å²) in [6.07, 6.45) is 3.33. The van der Waals surface area contributed by atoms with E-state index in [2.05, 4.69) is 47.3 Å². The lowest BCUT2D eigenvalue weighted by Gasteiger charge is -2.34. The average molecular weight is 358 g/mol. The first-order valence-corrected chi connectivity index (χ1v) is 9.35. The van der Waals surface area contributed by atoms with E-state index in [0.29, 0.717) is 11.7 Å². The normalized spacial score (nSPS) is 18.9. The Hall–Kier alpha value is -2.08. The van der Waals surface area contributed by atoms with Gasteiger partial charge < -0.3 is 14.2 Å². The van der Waals surface area contributed by atoms with E-state index >= 15 is 0 Å². The number of rotatable bonds is 3. The number of fused-ring (bicyclic) bond motifs is 1. The number of benzene rings is 1. The van der Waals surface area contributed by atoms with Crippen molar-refractivity contribution in [2.45, 2.75) is 58.0 Å². The van der Waals surface area contributed by atoms with E-state index < -0.39 is 6.09 Å². The number of hydrogen-bond acceptors (Lipinski definition) is 4. The topological polar surface area (TPSA) is 59.4 Å².